The summed E-state index contributed by atoms with van der Waals surface area (Å²) in [5, 5.41) is 0. The maximum atomic E-state index is 12.4. The predicted octanol–water partition coefficient (Wildman–Crippen LogP) is 0.520. The third kappa shape index (κ3) is 3.37. The van der Waals surface area contributed by atoms with Crippen molar-refractivity contribution < 1.29 is 23.8 Å². The largest absolute Gasteiger partial charge is 0.493 e. The Balaban J connectivity index is 0.00000400. The van der Waals surface area contributed by atoms with E-state index in [0.29, 0.717) is 5.75 Å². The van der Waals surface area contributed by atoms with Gasteiger partial charge in [-0.15, -0.1) is 12.4 Å². The van der Waals surface area contributed by atoms with Crippen LogP contribution in [0.4, 0.5) is 0 Å². The molecule has 0 radical (unpaired) electrons. The quantitative estimate of drug-likeness (QED) is 0.584. The van der Waals surface area contributed by atoms with E-state index in [1.165, 1.54) is 40.4 Å². The zero-order chi connectivity index (χ0) is 15.5. The Hall–Kier alpha value is -1.99. The van der Waals surface area contributed by atoms with E-state index >= 15 is 0 Å². The number of halogens is 1. The van der Waals surface area contributed by atoms with Crippen molar-refractivity contribution in [2.75, 3.05) is 21.3 Å². The van der Waals surface area contributed by atoms with Crippen LogP contribution in [-0.4, -0.2) is 38.6 Å². The second kappa shape index (κ2) is 7.14. The number of nitrogens with two attached hydrogens (primary N) is 2. The molecule has 0 saturated heterocycles. The molecule has 118 valence electrons. The summed E-state index contributed by atoms with van der Waals surface area (Å²) in [6.07, 6.45) is 0. The molecule has 0 unspecified atom stereocenters. The molecule has 0 aliphatic carbocycles. The van der Waals surface area contributed by atoms with Crippen molar-refractivity contribution in [3.63, 3.8) is 0 Å². The molecule has 1 rings (SSSR count). The van der Waals surface area contributed by atoms with Crippen molar-refractivity contribution >= 4 is 24.1 Å². The zero-order valence-corrected chi connectivity index (χ0v) is 13.1. The number of carbonyl (C=O) groups excluding carboxylic acids is 2. The van der Waals surface area contributed by atoms with Gasteiger partial charge in [0.2, 0.25) is 11.7 Å². The molecule has 8 heteroatoms. The normalized spacial score (nSPS) is 12.6. The van der Waals surface area contributed by atoms with E-state index in [0.717, 1.165) is 0 Å². The Kier molecular flexibility index (Phi) is 6.47. The molecule has 1 aromatic carbocycles. The number of ether oxygens (including phenoxy) is 3. The van der Waals surface area contributed by atoms with Gasteiger partial charge in [-0.3, -0.25) is 9.59 Å². The molecule has 0 aliphatic rings. The molecule has 0 saturated carbocycles. The van der Waals surface area contributed by atoms with E-state index in [4.69, 9.17) is 25.7 Å². The van der Waals surface area contributed by atoms with Crippen LogP contribution in [0.5, 0.6) is 17.2 Å². The summed E-state index contributed by atoms with van der Waals surface area (Å²) in [4.78, 5) is 23.6. The van der Waals surface area contributed by atoms with Crippen LogP contribution in [0.2, 0.25) is 0 Å². The van der Waals surface area contributed by atoms with Gasteiger partial charge in [0.05, 0.1) is 26.9 Å². The van der Waals surface area contributed by atoms with Gasteiger partial charge in [0.1, 0.15) is 0 Å². The van der Waals surface area contributed by atoms with E-state index < -0.39 is 17.2 Å². The van der Waals surface area contributed by atoms with Crippen molar-refractivity contribution in [3.8, 4) is 17.2 Å². The van der Waals surface area contributed by atoms with Gasteiger partial charge in [0.15, 0.2) is 22.8 Å². The number of methoxy groups -OCH3 is 3. The van der Waals surface area contributed by atoms with Crippen LogP contribution in [0, 0.1) is 0 Å². The lowest BCUT2D eigenvalue weighted by atomic mass is 9.90. The molecule has 1 amide bonds. The van der Waals surface area contributed by atoms with Gasteiger partial charge in [-0.05, 0) is 19.1 Å². The maximum absolute atomic E-state index is 12.4. The molecule has 0 spiro atoms. The lowest BCUT2D eigenvalue weighted by Gasteiger charge is -2.21. The summed E-state index contributed by atoms with van der Waals surface area (Å²) in [5.41, 5.74) is 9.07. The SMILES string of the molecule is COc1ccc(C(=O)[C@@](C)(N)C(N)=O)c(OC)c1OC.Cl. The topological polar surface area (TPSA) is 114 Å². The molecular formula is C13H19ClN2O5. The Morgan fingerprint density at radius 1 is 1.05 bits per heavy atom. The van der Waals surface area contributed by atoms with E-state index in [9.17, 15) is 9.59 Å². The number of Topliss-reactive ketones (excluding diaryl/α,β-unsaturated/α-hetero) is 1. The number of primary amides is 1. The predicted molar refractivity (Wildman–Crippen MR) is 79.5 cm³/mol. The van der Waals surface area contributed by atoms with Gasteiger partial charge < -0.3 is 25.7 Å². The van der Waals surface area contributed by atoms with Crippen LogP contribution in [0.15, 0.2) is 12.1 Å². The number of benzene rings is 1. The summed E-state index contributed by atoms with van der Waals surface area (Å²) in [5.74, 6) is -0.836. The first kappa shape index (κ1) is 19.0. The van der Waals surface area contributed by atoms with Gasteiger partial charge in [-0.25, -0.2) is 0 Å². The molecule has 0 fully saturated rings. The highest BCUT2D eigenvalue weighted by atomic mass is 35.5. The van der Waals surface area contributed by atoms with Crippen LogP contribution in [0.3, 0.4) is 0 Å². The summed E-state index contributed by atoms with van der Waals surface area (Å²) in [6.45, 7) is 1.24. The molecular weight excluding hydrogens is 300 g/mol. The van der Waals surface area contributed by atoms with Crippen LogP contribution in [0.1, 0.15) is 17.3 Å². The minimum absolute atomic E-state index is 0. The fourth-order valence-electron chi connectivity index (χ4n) is 1.67. The third-order valence-electron chi connectivity index (χ3n) is 2.93. The summed E-state index contributed by atoms with van der Waals surface area (Å²) in [6, 6.07) is 2.96. The van der Waals surface area contributed by atoms with Crippen LogP contribution >= 0.6 is 12.4 Å². The summed E-state index contributed by atoms with van der Waals surface area (Å²) >= 11 is 0. The van der Waals surface area contributed by atoms with Gasteiger partial charge >= 0.3 is 0 Å². The standard InChI is InChI=1S/C13H18N2O5.ClH/c1-13(15,12(14)17)11(16)7-5-6-8(18-2)10(20-4)9(7)19-3;/h5-6H,15H2,1-4H3,(H2,14,17);1H/t13-;/m1./s1. The van der Waals surface area contributed by atoms with E-state index in [2.05, 4.69) is 0 Å². The van der Waals surface area contributed by atoms with Gasteiger partial charge in [0, 0.05) is 0 Å². The van der Waals surface area contributed by atoms with Gasteiger partial charge in [0.25, 0.3) is 0 Å². The number of rotatable bonds is 6. The van der Waals surface area contributed by atoms with E-state index in [1.807, 2.05) is 0 Å². The fraction of sp³-hybridized carbons (Fsp3) is 0.385. The lowest BCUT2D eigenvalue weighted by molar-refractivity contribution is -0.121. The highest BCUT2D eigenvalue weighted by Crippen LogP contribution is 2.40. The second-order valence-electron chi connectivity index (χ2n) is 4.28. The molecule has 21 heavy (non-hydrogen) atoms. The fourth-order valence-corrected chi connectivity index (χ4v) is 1.67. The molecule has 0 heterocycles. The molecule has 1 atom stereocenters. The van der Waals surface area contributed by atoms with Crippen LogP contribution in [0.25, 0.3) is 0 Å². The van der Waals surface area contributed by atoms with Crippen LogP contribution < -0.4 is 25.7 Å². The van der Waals surface area contributed by atoms with Crippen molar-refractivity contribution in [1.82, 2.24) is 0 Å². The molecule has 0 bridgehead atoms. The van der Waals surface area contributed by atoms with E-state index in [1.54, 1.807) is 0 Å². The Labute approximate surface area is 128 Å². The first-order valence-corrected chi connectivity index (χ1v) is 5.73. The molecule has 1 aromatic rings. The number of amides is 1. The minimum atomic E-state index is -1.84. The average molecular weight is 319 g/mol. The molecule has 0 aromatic heterocycles. The smallest absolute Gasteiger partial charge is 0.245 e. The number of hydrogen-bond acceptors (Lipinski definition) is 6. The molecule has 7 nitrogen and oxygen atoms in total. The summed E-state index contributed by atoms with van der Waals surface area (Å²) in [7, 11) is 4.23. The maximum Gasteiger partial charge on any atom is 0.245 e. The zero-order valence-electron chi connectivity index (χ0n) is 12.3. The monoisotopic (exact) mass is 318 g/mol. The lowest BCUT2D eigenvalue weighted by Crippen LogP contribution is -2.55. The summed E-state index contributed by atoms with van der Waals surface area (Å²) < 4.78 is 15.4. The van der Waals surface area contributed by atoms with Crippen molar-refractivity contribution in [2.45, 2.75) is 12.5 Å². The molecule has 4 N–H and O–H groups in total. The number of ketones is 1. The highest BCUT2D eigenvalue weighted by molar-refractivity contribution is 6.18. The number of hydrogen-bond donors (Lipinski definition) is 2. The minimum Gasteiger partial charge on any atom is -0.493 e. The first-order chi connectivity index (χ1) is 9.31. The van der Waals surface area contributed by atoms with Gasteiger partial charge in [-0.2, -0.15) is 0 Å². The Morgan fingerprint density at radius 2 is 1.57 bits per heavy atom. The second-order valence-corrected chi connectivity index (χ2v) is 4.28. The number of carbonyl (C=O) groups is 2. The van der Waals surface area contributed by atoms with Crippen molar-refractivity contribution in [3.05, 3.63) is 17.7 Å². The molecule has 0 aliphatic heterocycles. The van der Waals surface area contributed by atoms with Crippen molar-refractivity contribution in [2.24, 2.45) is 11.5 Å². The Morgan fingerprint density at radius 3 is 1.95 bits per heavy atom. The van der Waals surface area contributed by atoms with Crippen molar-refractivity contribution in [1.29, 1.82) is 0 Å². The van der Waals surface area contributed by atoms with E-state index in [-0.39, 0.29) is 29.5 Å². The highest BCUT2D eigenvalue weighted by Gasteiger charge is 2.38. The van der Waals surface area contributed by atoms with Gasteiger partial charge in [-0.1, -0.05) is 0 Å². The third-order valence-corrected chi connectivity index (χ3v) is 2.93. The van der Waals surface area contributed by atoms with Crippen LogP contribution in [-0.2, 0) is 4.79 Å². The first-order valence-electron chi connectivity index (χ1n) is 5.73. The average Bonchev–Trinajstić information content (AvgIpc) is 2.44. The Bertz CT molecular complexity index is 546.